The van der Waals surface area contributed by atoms with Gasteiger partial charge in [0.25, 0.3) is 0 Å². The first kappa shape index (κ1) is 24.3. The maximum Gasteiger partial charge on any atom is 0.738 e. The molecule has 1 aromatic carbocycles. The molecule has 2 nitrogen and oxygen atoms in total. The minimum Gasteiger partial charge on any atom is -0.389 e. The molecule has 0 spiro atoms. The van der Waals surface area contributed by atoms with Crippen LogP contribution in [0, 0.1) is 20.8 Å². The van der Waals surface area contributed by atoms with Crippen molar-refractivity contribution >= 4 is 40.9 Å². The molecular weight excluding hydrogens is 501 g/mol. The second-order valence-corrected chi connectivity index (χ2v) is 11.8. The van der Waals surface area contributed by atoms with Crippen molar-refractivity contribution in [2.75, 3.05) is 0 Å². The van der Waals surface area contributed by atoms with Crippen LogP contribution in [0.5, 0.6) is 0 Å². The first-order chi connectivity index (χ1) is 17.8. The largest absolute Gasteiger partial charge is 0.738 e. The minimum atomic E-state index is -4.15. The van der Waals surface area contributed by atoms with Gasteiger partial charge in [-0.3, -0.25) is 0 Å². The number of aryl methyl sites for hydroxylation is 4. The predicted molar refractivity (Wildman–Crippen MR) is 154 cm³/mol. The van der Waals surface area contributed by atoms with E-state index in [2.05, 4.69) is 46.8 Å². The van der Waals surface area contributed by atoms with Crippen molar-refractivity contribution in [1.29, 1.82) is 0 Å². The Labute approximate surface area is 225 Å². The van der Waals surface area contributed by atoms with E-state index in [0.29, 0.717) is 35.6 Å². The Morgan fingerprint density at radius 1 is 0.892 bits per heavy atom. The summed E-state index contributed by atoms with van der Waals surface area (Å²) in [7, 11) is 0. The molecule has 0 unspecified atom stereocenters. The van der Waals surface area contributed by atoms with Crippen molar-refractivity contribution in [2.45, 2.75) is 47.5 Å². The molecule has 2 aliphatic heterocycles. The standard InChI is InChI=1S/C30H29BF2N2S2/c1-6-21-16-23-28(27-19(4)14-18(3)15-20(27)5)24-17-22(7-2)30(26-11-9-13-37-26)35(24)31(32,33)34(23)29(21)25-10-8-12-36-25/h8-17H,6-7H2,1-5H3. The van der Waals surface area contributed by atoms with E-state index in [1.54, 1.807) is 0 Å². The van der Waals surface area contributed by atoms with Crippen LogP contribution in [0.3, 0.4) is 0 Å². The molecule has 0 fully saturated rings. The zero-order valence-corrected chi connectivity index (χ0v) is 23.4. The highest BCUT2D eigenvalue weighted by atomic mass is 32.1. The van der Waals surface area contributed by atoms with E-state index in [0.717, 1.165) is 43.2 Å². The third kappa shape index (κ3) is 3.51. The minimum absolute atomic E-state index is 0.616. The highest BCUT2D eigenvalue weighted by Crippen LogP contribution is 2.48. The van der Waals surface area contributed by atoms with Gasteiger partial charge in [-0.05, 0) is 84.8 Å². The zero-order valence-electron chi connectivity index (χ0n) is 21.7. The molecule has 2 aliphatic rings. The quantitative estimate of drug-likeness (QED) is 0.228. The summed E-state index contributed by atoms with van der Waals surface area (Å²) in [5.41, 5.74) is 9.78. The van der Waals surface area contributed by atoms with Crippen molar-refractivity contribution in [1.82, 2.24) is 4.48 Å². The van der Waals surface area contributed by atoms with Crippen LogP contribution >= 0.6 is 22.7 Å². The van der Waals surface area contributed by atoms with Crippen LogP contribution in [0.4, 0.5) is 8.63 Å². The lowest BCUT2D eigenvalue weighted by Gasteiger charge is -2.34. The number of aromatic nitrogens is 1. The second kappa shape index (κ2) is 8.78. The second-order valence-electron chi connectivity index (χ2n) is 9.95. The molecule has 7 heteroatoms. The molecular formula is C30H29BF2N2S2. The van der Waals surface area contributed by atoms with E-state index in [1.807, 2.05) is 47.2 Å². The number of nitrogens with zero attached hydrogens (tertiary/aromatic N) is 2. The average Bonchev–Trinajstić information content (AvgIpc) is 3.64. The van der Waals surface area contributed by atoms with Crippen molar-refractivity contribution in [3.8, 4) is 10.6 Å². The molecule has 0 saturated heterocycles. The van der Waals surface area contributed by atoms with Gasteiger partial charge in [0.05, 0.1) is 10.5 Å². The first-order valence-corrected chi connectivity index (χ1v) is 14.6. The van der Waals surface area contributed by atoms with E-state index < -0.39 is 6.97 Å². The molecule has 6 rings (SSSR count). The summed E-state index contributed by atoms with van der Waals surface area (Å²) in [5, 5.41) is 3.93. The van der Waals surface area contributed by atoms with Gasteiger partial charge in [0.15, 0.2) is 11.4 Å². The number of thiophene rings is 2. The Hall–Kier alpha value is -3.03. The van der Waals surface area contributed by atoms with Crippen LogP contribution in [0.25, 0.3) is 16.1 Å². The maximum absolute atomic E-state index is 17.1. The predicted octanol–water partition coefficient (Wildman–Crippen LogP) is 8.61. The summed E-state index contributed by atoms with van der Waals surface area (Å²) >= 11 is 3.04. The van der Waals surface area contributed by atoms with E-state index in [1.165, 1.54) is 37.2 Å². The molecule has 37 heavy (non-hydrogen) atoms. The van der Waals surface area contributed by atoms with Crippen molar-refractivity contribution in [3.63, 3.8) is 0 Å². The molecule has 0 aliphatic carbocycles. The third-order valence-corrected chi connectivity index (χ3v) is 9.32. The number of halogens is 2. The topological polar surface area (TPSA) is 7.94 Å². The van der Waals surface area contributed by atoms with Crippen LogP contribution in [0.1, 0.15) is 58.7 Å². The lowest BCUT2D eigenvalue weighted by Crippen LogP contribution is -2.51. The van der Waals surface area contributed by atoms with Gasteiger partial charge in [-0.15, -0.1) is 22.7 Å². The van der Waals surface area contributed by atoms with Gasteiger partial charge in [-0.1, -0.05) is 43.7 Å². The lowest BCUT2D eigenvalue weighted by molar-refractivity contribution is -0.360. The molecule has 0 radical (unpaired) electrons. The van der Waals surface area contributed by atoms with E-state index in [4.69, 9.17) is 0 Å². The summed E-state index contributed by atoms with van der Waals surface area (Å²) in [4.78, 5) is 1.76. The van der Waals surface area contributed by atoms with Crippen molar-refractivity contribution in [3.05, 3.63) is 109 Å². The monoisotopic (exact) mass is 530 g/mol. The summed E-state index contributed by atoms with van der Waals surface area (Å²) in [6.45, 7) is 6.25. The van der Waals surface area contributed by atoms with Crippen LogP contribution in [-0.2, 0) is 6.42 Å². The Kier molecular flexibility index (Phi) is 5.77. The number of hydrogen-bond donors (Lipinski definition) is 0. The Balaban J connectivity index is 1.81. The lowest BCUT2D eigenvalue weighted by atomic mass is 9.83. The van der Waals surface area contributed by atoms with Crippen LogP contribution in [0.2, 0.25) is 0 Å². The molecule has 5 heterocycles. The van der Waals surface area contributed by atoms with E-state index in [9.17, 15) is 0 Å². The summed E-state index contributed by atoms with van der Waals surface area (Å²) < 4.78 is 37.0. The van der Waals surface area contributed by atoms with Crippen molar-refractivity contribution in [2.24, 2.45) is 0 Å². The van der Waals surface area contributed by atoms with Gasteiger partial charge in [0, 0.05) is 27.9 Å². The number of benzene rings is 1. The first-order valence-electron chi connectivity index (χ1n) is 12.8. The third-order valence-electron chi connectivity index (χ3n) is 7.56. The zero-order chi connectivity index (χ0) is 26.1. The highest BCUT2D eigenvalue weighted by molar-refractivity contribution is 7.13. The molecule has 0 amide bonds. The Morgan fingerprint density at radius 2 is 1.54 bits per heavy atom. The molecule has 4 aromatic rings. The molecule has 0 N–H and O–H groups in total. The molecule has 0 atom stereocenters. The fraction of sp³-hybridized carbons (Fsp3) is 0.233. The maximum atomic E-state index is 17.1. The number of hydrogen-bond acceptors (Lipinski definition) is 2. The van der Waals surface area contributed by atoms with Gasteiger partial charge in [0.1, 0.15) is 0 Å². The average molecular weight is 531 g/mol. The fourth-order valence-electron chi connectivity index (χ4n) is 6.18. The summed E-state index contributed by atoms with van der Waals surface area (Å²) in [6.07, 6.45) is 3.39. The Bertz CT molecular complexity index is 1610. The number of fused-ring (bicyclic) bond motifs is 2. The van der Waals surface area contributed by atoms with Gasteiger partial charge in [-0.2, -0.15) is 0 Å². The SMILES string of the molecule is CCC1=CC2=C(c3c(C)cc(C)cc3C)c3cc(CC)c(-c4cccs4)n3[B-](F)(F)[N+]2=C1c1cccs1. The number of rotatable bonds is 5. The van der Waals surface area contributed by atoms with Gasteiger partial charge < -0.3 is 17.6 Å². The van der Waals surface area contributed by atoms with Gasteiger partial charge in [-0.25, -0.2) is 0 Å². The Morgan fingerprint density at radius 3 is 2.11 bits per heavy atom. The highest BCUT2D eigenvalue weighted by Gasteiger charge is 2.56. The summed E-state index contributed by atoms with van der Waals surface area (Å²) in [6, 6.07) is 14.2. The summed E-state index contributed by atoms with van der Waals surface area (Å²) in [5.74, 6) is 0. The molecule has 0 saturated carbocycles. The normalized spacial score (nSPS) is 16.4. The number of allylic oxidation sites excluding steroid dienone is 2. The van der Waals surface area contributed by atoms with Crippen LogP contribution in [-0.4, -0.2) is 21.6 Å². The van der Waals surface area contributed by atoms with Gasteiger partial charge >= 0.3 is 6.97 Å². The van der Waals surface area contributed by atoms with Crippen molar-refractivity contribution < 1.29 is 13.1 Å². The molecule has 3 aromatic heterocycles. The molecule has 0 bridgehead atoms. The molecule has 188 valence electrons. The smallest absolute Gasteiger partial charge is 0.389 e. The fourth-order valence-corrected chi connectivity index (χ4v) is 7.79. The van der Waals surface area contributed by atoms with Crippen LogP contribution < -0.4 is 0 Å². The van der Waals surface area contributed by atoms with Gasteiger partial charge in [0.2, 0.25) is 0 Å². The van der Waals surface area contributed by atoms with Crippen LogP contribution in [0.15, 0.2) is 70.6 Å². The van der Waals surface area contributed by atoms with E-state index >= 15 is 8.63 Å². The van der Waals surface area contributed by atoms with E-state index in [-0.39, 0.29) is 0 Å².